The van der Waals surface area contributed by atoms with E-state index in [9.17, 15) is 4.79 Å². The molecule has 82 valence electrons. The molecule has 0 spiro atoms. The molecule has 5 nitrogen and oxygen atoms in total. The topological polar surface area (TPSA) is 50.2 Å². The highest BCUT2D eigenvalue weighted by Gasteiger charge is 2.24. The second-order valence-electron chi connectivity index (χ2n) is 3.25. The number of aromatic nitrogens is 2. The minimum Gasteiger partial charge on any atom is -0.341 e. The van der Waals surface area contributed by atoms with Crippen LogP contribution in [0.25, 0.3) is 0 Å². The first-order valence-corrected chi connectivity index (χ1v) is 6.37. The maximum absolute atomic E-state index is 11.5. The Morgan fingerprint density at radius 1 is 1.60 bits per heavy atom. The van der Waals surface area contributed by atoms with Crippen LogP contribution < -0.4 is 5.32 Å². The van der Waals surface area contributed by atoms with Crippen LogP contribution in [0.5, 0.6) is 0 Å². The highest BCUT2D eigenvalue weighted by Crippen LogP contribution is 2.23. The molecule has 0 saturated heterocycles. The molecule has 1 N–H and O–H groups in total. The monoisotopic (exact) mass is 384 g/mol. The largest absolute Gasteiger partial charge is 0.341 e. The van der Waals surface area contributed by atoms with Crippen molar-refractivity contribution in [2.24, 2.45) is 0 Å². The van der Waals surface area contributed by atoms with Gasteiger partial charge >= 0.3 is 6.03 Å². The number of fused-ring (bicyclic) bond motifs is 1. The summed E-state index contributed by atoms with van der Waals surface area (Å²) < 4.78 is 3.90. The summed E-state index contributed by atoms with van der Waals surface area (Å²) in [6, 6.07) is -0.0330. The molecule has 0 saturated carbocycles. The molecule has 0 unspecified atom stereocenters. The van der Waals surface area contributed by atoms with Crippen molar-refractivity contribution in [3.05, 3.63) is 14.1 Å². The normalized spacial score (nSPS) is 15.0. The molecule has 2 rings (SSSR count). The molecule has 0 aromatic carbocycles. The van der Waals surface area contributed by atoms with Gasteiger partial charge in [0, 0.05) is 20.1 Å². The van der Waals surface area contributed by atoms with Gasteiger partial charge in [-0.25, -0.2) is 9.78 Å². The van der Waals surface area contributed by atoms with Crippen LogP contribution in [0.4, 0.5) is 4.79 Å². The molecule has 1 aromatic heterocycles. The molecule has 1 aliphatic rings. The number of nitrogens with zero attached hydrogens (tertiary/aromatic N) is 3. The second-order valence-corrected chi connectivity index (χ2v) is 4.98. The first kappa shape index (κ1) is 11.2. The zero-order valence-electron chi connectivity index (χ0n) is 8.13. The molecular weight excluding hydrogens is 375 g/mol. The van der Waals surface area contributed by atoms with E-state index in [4.69, 9.17) is 0 Å². The minimum atomic E-state index is -0.0330. The molecule has 1 aromatic rings. The number of nitrogens with one attached hydrogen (secondary N) is 1. The van der Waals surface area contributed by atoms with E-state index in [1.165, 1.54) is 0 Å². The summed E-state index contributed by atoms with van der Waals surface area (Å²) in [4.78, 5) is 17.6. The lowest BCUT2D eigenvalue weighted by Crippen LogP contribution is -2.42. The molecular formula is C8H10BrIN4O. The lowest BCUT2D eigenvalue weighted by atomic mass is 10.3. The summed E-state index contributed by atoms with van der Waals surface area (Å²) >= 11 is 5.59. The van der Waals surface area contributed by atoms with E-state index in [0.29, 0.717) is 6.54 Å². The van der Waals surface area contributed by atoms with E-state index in [1.807, 2.05) is 0 Å². The quantitative estimate of drug-likeness (QED) is 0.687. The predicted molar refractivity (Wildman–Crippen MR) is 67.5 cm³/mol. The third-order valence-corrected chi connectivity index (χ3v) is 3.88. The van der Waals surface area contributed by atoms with Gasteiger partial charge in [0.2, 0.25) is 0 Å². The van der Waals surface area contributed by atoms with Crippen LogP contribution in [0.2, 0.25) is 0 Å². The van der Waals surface area contributed by atoms with Crippen molar-refractivity contribution in [1.82, 2.24) is 19.8 Å². The second kappa shape index (κ2) is 4.28. The number of carbonyl (C=O) groups is 1. The van der Waals surface area contributed by atoms with Crippen molar-refractivity contribution in [3.63, 3.8) is 0 Å². The fraction of sp³-hybridized carbons (Fsp3) is 0.500. The average molecular weight is 385 g/mol. The summed E-state index contributed by atoms with van der Waals surface area (Å²) in [7, 11) is 1.65. The smallest absolute Gasteiger partial charge is 0.317 e. The molecule has 0 atom stereocenters. The van der Waals surface area contributed by atoms with Crippen molar-refractivity contribution < 1.29 is 4.79 Å². The molecule has 2 heterocycles. The summed E-state index contributed by atoms with van der Waals surface area (Å²) in [6.45, 7) is 2.13. The number of hydrogen-bond acceptors (Lipinski definition) is 2. The highest BCUT2D eigenvalue weighted by atomic mass is 127. The lowest BCUT2D eigenvalue weighted by Gasteiger charge is -2.28. The number of imidazole rings is 1. The zero-order valence-corrected chi connectivity index (χ0v) is 11.9. The molecule has 1 aliphatic heterocycles. The maximum Gasteiger partial charge on any atom is 0.317 e. The van der Waals surface area contributed by atoms with E-state index >= 15 is 0 Å². The summed E-state index contributed by atoms with van der Waals surface area (Å²) in [5.41, 5.74) is 1.09. The van der Waals surface area contributed by atoms with Gasteiger partial charge in [0.25, 0.3) is 0 Å². The van der Waals surface area contributed by atoms with Crippen molar-refractivity contribution in [3.8, 4) is 0 Å². The van der Waals surface area contributed by atoms with E-state index in [0.717, 1.165) is 27.2 Å². The van der Waals surface area contributed by atoms with Crippen LogP contribution in [-0.4, -0.2) is 34.1 Å². The van der Waals surface area contributed by atoms with Crippen molar-refractivity contribution in [1.29, 1.82) is 0 Å². The third kappa shape index (κ3) is 1.99. The fourth-order valence-corrected chi connectivity index (χ4v) is 3.21. The molecule has 0 fully saturated rings. The first-order chi connectivity index (χ1) is 7.13. The number of rotatable bonds is 0. The number of hydrogen-bond donors (Lipinski definition) is 1. The number of carbonyl (C=O) groups excluding carboxylic acids is 1. The zero-order chi connectivity index (χ0) is 11.0. The fourth-order valence-electron chi connectivity index (χ4n) is 1.62. The van der Waals surface area contributed by atoms with E-state index in [-0.39, 0.29) is 6.03 Å². The van der Waals surface area contributed by atoms with Gasteiger partial charge < -0.3 is 14.8 Å². The molecule has 15 heavy (non-hydrogen) atoms. The van der Waals surface area contributed by atoms with Gasteiger partial charge in [-0.3, -0.25) is 0 Å². The Morgan fingerprint density at radius 2 is 2.33 bits per heavy atom. The molecule has 0 aliphatic carbocycles. The Hall–Kier alpha value is -0.310. The first-order valence-electron chi connectivity index (χ1n) is 4.50. The predicted octanol–water partition coefficient (Wildman–Crippen LogP) is 1.41. The number of amides is 2. The van der Waals surface area contributed by atoms with Gasteiger partial charge in [-0.2, -0.15) is 0 Å². The van der Waals surface area contributed by atoms with Crippen LogP contribution in [0.1, 0.15) is 5.69 Å². The van der Waals surface area contributed by atoms with Crippen molar-refractivity contribution in [2.75, 3.05) is 13.6 Å². The molecule has 0 radical (unpaired) electrons. The van der Waals surface area contributed by atoms with Crippen LogP contribution in [0.3, 0.4) is 0 Å². The molecule has 2 amide bonds. The van der Waals surface area contributed by atoms with Gasteiger partial charge in [-0.05, 0) is 38.5 Å². The summed E-state index contributed by atoms with van der Waals surface area (Å²) in [5.74, 6) is 0. The van der Waals surface area contributed by atoms with Gasteiger partial charge in [0.15, 0.2) is 4.73 Å². The molecule has 7 heteroatoms. The standard InChI is InChI=1S/C8H10BrIN4O/c1-11-8(15)13-2-3-14-5(4-13)6(10)12-7(14)9/h2-4H2,1H3,(H,11,15). The molecule has 0 bridgehead atoms. The van der Waals surface area contributed by atoms with E-state index in [1.54, 1.807) is 11.9 Å². The van der Waals surface area contributed by atoms with Gasteiger partial charge in [-0.15, -0.1) is 0 Å². The SMILES string of the molecule is CNC(=O)N1CCn2c(Br)nc(I)c2C1. The number of halogens is 2. The summed E-state index contributed by atoms with van der Waals surface area (Å²) in [5, 5.41) is 2.63. The van der Waals surface area contributed by atoms with E-state index < -0.39 is 0 Å². The van der Waals surface area contributed by atoms with E-state index in [2.05, 4.69) is 53.4 Å². The van der Waals surface area contributed by atoms with Crippen LogP contribution in [0, 0.1) is 3.70 Å². The third-order valence-electron chi connectivity index (χ3n) is 2.41. The van der Waals surface area contributed by atoms with Gasteiger partial charge in [0.05, 0.1) is 12.2 Å². The summed E-state index contributed by atoms with van der Waals surface area (Å²) in [6.07, 6.45) is 0. The lowest BCUT2D eigenvalue weighted by molar-refractivity contribution is 0.185. The Bertz CT molecular complexity index is 406. The van der Waals surface area contributed by atoms with Crippen molar-refractivity contribution >= 4 is 44.6 Å². The minimum absolute atomic E-state index is 0.0330. The van der Waals surface area contributed by atoms with Gasteiger partial charge in [0.1, 0.15) is 3.70 Å². The highest BCUT2D eigenvalue weighted by molar-refractivity contribution is 14.1. The number of urea groups is 1. The maximum atomic E-state index is 11.5. The Labute approximate surface area is 109 Å². The van der Waals surface area contributed by atoms with Crippen LogP contribution >= 0.6 is 38.5 Å². The van der Waals surface area contributed by atoms with Gasteiger partial charge in [-0.1, -0.05) is 0 Å². The Balaban J connectivity index is 2.26. The van der Waals surface area contributed by atoms with Crippen LogP contribution in [-0.2, 0) is 13.1 Å². The van der Waals surface area contributed by atoms with Crippen LogP contribution in [0.15, 0.2) is 4.73 Å². The Kier molecular flexibility index (Phi) is 3.19. The average Bonchev–Trinajstić information content (AvgIpc) is 2.53. The van der Waals surface area contributed by atoms with Crippen molar-refractivity contribution in [2.45, 2.75) is 13.1 Å². The Morgan fingerprint density at radius 3 is 3.00 bits per heavy atom.